The Morgan fingerprint density at radius 3 is 2.39 bits per heavy atom. The quantitative estimate of drug-likeness (QED) is 0.201. The van der Waals surface area contributed by atoms with E-state index in [2.05, 4.69) is 25.7 Å². The summed E-state index contributed by atoms with van der Waals surface area (Å²) in [7, 11) is 2.87. The van der Waals surface area contributed by atoms with Gasteiger partial charge in [0.1, 0.15) is 0 Å². The van der Waals surface area contributed by atoms with E-state index in [1.54, 1.807) is 24.5 Å². The zero-order valence-corrected chi connectivity index (χ0v) is 20.7. The number of ether oxygens (including phenoxy) is 2. The Hall–Kier alpha value is -4.38. The third-order valence-corrected chi connectivity index (χ3v) is 6.03. The summed E-state index contributed by atoms with van der Waals surface area (Å²) in [6.07, 6.45) is 4.82. The van der Waals surface area contributed by atoms with E-state index >= 15 is 0 Å². The van der Waals surface area contributed by atoms with Gasteiger partial charge in [-0.25, -0.2) is 5.43 Å². The monoisotopic (exact) mass is 504 g/mol. The Kier molecular flexibility index (Phi) is 7.81. The summed E-state index contributed by atoms with van der Waals surface area (Å²) in [4.78, 5) is 16.5. The molecule has 0 fully saturated rings. The van der Waals surface area contributed by atoms with Crippen LogP contribution in [0, 0.1) is 6.92 Å². The van der Waals surface area contributed by atoms with Gasteiger partial charge in [0.25, 0.3) is 5.91 Å². The highest BCUT2D eigenvalue weighted by molar-refractivity contribution is 7.99. The molecule has 0 unspecified atom stereocenters. The molecule has 0 saturated heterocycles. The second-order valence-corrected chi connectivity index (χ2v) is 8.51. The predicted molar refractivity (Wildman–Crippen MR) is 137 cm³/mol. The molecule has 1 amide bonds. The van der Waals surface area contributed by atoms with Crippen molar-refractivity contribution < 1.29 is 19.4 Å². The van der Waals surface area contributed by atoms with Crippen LogP contribution in [0.3, 0.4) is 0 Å². The first-order valence-corrected chi connectivity index (χ1v) is 11.8. The lowest BCUT2D eigenvalue weighted by Crippen LogP contribution is -2.20. The summed E-state index contributed by atoms with van der Waals surface area (Å²) in [5, 5.41) is 23.3. The van der Waals surface area contributed by atoms with E-state index in [1.807, 2.05) is 47.9 Å². The zero-order chi connectivity index (χ0) is 25.5. The summed E-state index contributed by atoms with van der Waals surface area (Å²) in [5.74, 6) is 0.757. The number of aryl methyl sites for hydroxylation is 1. The van der Waals surface area contributed by atoms with Gasteiger partial charge in [0.2, 0.25) is 5.75 Å². The number of pyridine rings is 1. The fraction of sp³-hybridized carbons (Fsp3) is 0.160. The molecule has 0 spiro atoms. The minimum atomic E-state index is -0.321. The summed E-state index contributed by atoms with van der Waals surface area (Å²) in [6.45, 7) is 2.02. The molecule has 4 aromatic rings. The number of phenols is 1. The zero-order valence-electron chi connectivity index (χ0n) is 19.9. The lowest BCUT2D eigenvalue weighted by Gasteiger charge is -2.10. The van der Waals surface area contributed by atoms with Gasteiger partial charge in [-0.05, 0) is 43.3 Å². The van der Waals surface area contributed by atoms with Gasteiger partial charge < -0.3 is 14.6 Å². The number of thioether (sulfide) groups is 1. The van der Waals surface area contributed by atoms with E-state index in [9.17, 15) is 9.90 Å². The van der Waals surface area contributed by atoms with Crippen molar-refractivity contribution in [2.45, 2.75) is 12.1 Å². The molecule has 2 heterocycles. The number of carbonyl (C=O) groups is 1. The lowest BCUT2D eigenvalue weighted by atomic mass is 10.2. The summed E-state index contributed by atoms with van der Waals surface area (Å²) in [5.41, 5.74) is 5.95. The molecule has 10 nitrogen and oxygen atoms in total. The molecule has 0 radical (unpaired) electrons. The second-order valence-electron chi connectivity index (χ2n) is 7.57. The van der Waals surface area contributed by atoms with Crippen LogP contribution in [0.2, 0.25) is 0 Å². The van der Waals surface area contributed by atoms with Gasteiger partial charge in [0, 0.05) is 29.2 Å². The molecule has 0 atom stereocenters. The number of aromatic hydroxyl groups is 1. The van der Waals surface area contributed by atoms with Crippen molar-refractivity contribution in [2.75, 3.05) is 20.0 Å². The van der Waals surface area contributed by atoms with E-state index < -0.39 is 0 Å². The number of rotatable bonds is 9. The highest BCUT2D eigenvalue weighted by atomic mass is 32.2. The van der Waals surface area contributed by atoms with Crippen molar-refractivity contribution in [2.24, 2.45) is 5.10 Å². The van der Waals surface area contributed by atoms with Gasteiger partial charge in [-0.15, -0.1) is 10.2 Å². The van der Waals surface area contributed by atoms with Gasteiger partial charge in [-0.3, -0.25) is 14.3 Å². The number of hydrogen-bond acceptors (Lipinski definition) is 9. The van der Waals surface area contributed by atoms with Crippen molar-refractivity contribution in [3.8, 4) is 34.3 Å². The van der Waals surface area contributed by atoms with Gasteiger partial charge in [-0.2, -0.15) is 5.10 Å². The summed E-state index contributed by atoms with van der Waals surface area (Å²) < 4.78 is 12.2. The number of aromatic nitrogens is 4. The summed E-state index contributed by atoms with van der Waals surface area (Å²) >= 11 is 1.24. The molecule has 11 heteroatoms. The van der Waals surface area contributed by atoms with Crippen LogP contribution >= 0.6 is 11.8 Å². The molecule has 0 saturated carbocycles. The third kappa shape index (κ3) is 5.63. The van der Waals surface area contributed by atoms with Crippen molar-refractivity contribution in [3.63, 3.8) is 0 Å². The van der Waals surface area contributed by atoms with Crippen molar-refractivity contribution >= 4 is 23.9 Å². The number of amides is 1. The minimum absolute atomic E-state index is 0.0693. The average molecular weight is 505 g/mol. The van der Waals surface area contributed by atoms with Crippen LogP contribution in [-0.2, 0) is 4.79 Å². The van der Waals surface area contributed by atoms with Crippen molar-refractivity contribution in [1.29, 1.82) is 0 Å². The van der Waals surface area contributed by atoms with Crippen LogP contribution in [0.4, 0.5) is 0 Å². The smallest absolute Gasteiger partial charge is 0.250 e. The SMILES string of the molecule is COc1cc(/C=N/NC(=O)CSc2nnc(-c3ccncc3)n2-c2ccc(C)cc2)cc(OC)c1O. The first kappa shape index (κ1) is 24.7. The van der Waals surface area contributed by atoms with Crippen LogP contribution in [0.1, 0.15) is 11.1 Å². The molecule has 36 heavy (non-hydrogen) atoms. The number of hydrogen-bond donors (Lipinski definition) is 2. The van der Waals surface area contributed by atoms with Crippen LogP contribution < -0.4 is 14.9 Å². The van der Waals surface area contributed by atoms with Gasteiger partial charge in [-0.1, -0.05) is 29.5 Å². The first-order valence-electron chi connectivity index (χ1n) is 10.8. The number of hydrazone groups is 1. The molecule has 0 aliphatic carbocycles. The van der Waals surface area contributed by atoms with Crippen molar-refractivity contribution in [1.82, 2.24) is 25.2 Å². The standard InChI is InChI=1S/C25H24N6O4S/c1-16-4-6-19(7-5-16)31-24(18-8-10-26-11-9-18)29-30-25(31)36-15-22(32)28-27-14-17-12-20(34-2)23(33)21(13-17)35-3/h4-14,33H,15H2,1-3H3,(H,28,32)/b27-14+. The minimum Gasteiger partial charge on any atom is -0.502 e. The maximum absolute atomic E-state index is 12.5. The number of phenolic OH excluding ortho intramolecular Hbond substituents is 1. The lowest BCUT2D eigenvalue weighted by molar-refractivity contribution is -0.118. The molecule has 0 aliphatic heterocycles. The highest BCUT2D eigenvalue weighted by Gasteiger charge is 2.17. The third-order valence-electron chi connectivity index (χ3n) is 5.10. The number of benzene rings is 2. The molecule has 4 rings (SSSR count). The molecule has 2 aromatic carbocycles. The van der Waals surface area contributed by atoms with Crippen LogP contribution in [0.5, 0.6) is 17.2 Å². The van der Waals surface area contributed by atoms with E-state index in [0.29, 0.717) is 16.5 Å². The van der Waals surface area contributed by atoms with Crippen LogP contribution in [0.15, 0.2) is 71.2 Å². The predicted octanol–water partition coefficient (Wildman–Crippen LogP) is 3.60. The molecule has 2 N–H and O–H groups in total. The Morgan fingerprint density at radius 2 is 1.75 bits per heavy atom. The Balaban J connectivity index is 1.48. The maximum atomic E-state index is 12.5. The molecular formula is C25H24N6O4S. The topological polar surface area (TPSA) is 124 Å². The molecule has 184 valence electrons. The molecular weight excluding hydrogens is 480 g/mol. The largest absolute Gasteiger partial charge is 0.502 e. The first-order chi connectivity index (χ1) is 17.5. The Labute approximate surface area is 212 Å². The fourth-order valence-corrected chi connectivity index (χ4v) is 4.05. The number of nitrogens with one attached hydrogen (secondary N) is 1. The summed E-state index contributed by atoms with van der Waals surface area (Å²) in [6, 6.07) is 14.9. The van der Waals surface area contributed by atoms with Gasteiger partial charge in [0.05, 0.1) is 26.2 Å². The molecule has 0 bridgehead atoms. The Bertz CT molecular complexity index is 1350. The molecule has 2 aromatic heterocycles. The van der Waals surface area contributed by atoms with Gasteiger partial charge >= 0.3 is 0 Å². The Morgan fingerprint density at radius 1 is 1.08 bits per heavy atom. The number of methoxy groups -OCH3 is 2. The number of carbonyl (C=O) groups excluding carboxylic acids is 1. The molecule has 0 aliphatic rings. The number of nitrogens with zero attached hydrogens (tertiary/aromatic N) is 5. The van der Waals surface area contributed by atoms with Crippen molar-refractivity contribution in [3.05, 3.63) is 72.1 Å². The van der Waals surface area contributed by atoms with E-state index in [0.717, 1.165) is 16.8 Å². The second kappa shape index (κ2) is 11.4. The average Bonchev–Trinajstić information content (AvgIpc) is 3.33. The maximum Gasteiger partial charge on any atom is 0.250 e. The van der Waals surface area contributed by atoms with E-state index in [1.165, 1.54) is 32.2 Å². The van der Waals surface area contributed by atoms with Crippen LogP contribution in [0.25, 0.3) is 17.1 Å². The fourth-order valence-electron chi connectivity index (χ4n) is 3.31. The van der Waals surface area contributed by atoms with Gasteiger partial charge in [0.15, 0.2) is 22.5 Å². The normalized spacial score (nSPS) is 11.0. The van der Waals surface area contributed by atoms with Crippen LogP contribution in [-0.4, -0.2) is 56.9 Å². The van der Waals surface area contributed by atoms with E-state index in [4.69, 9.17) is 9.47 Å². The highest BCUT2D eigenvalue weighted by Crippen LogP contribution is 2.36. The van der Waals surface area contributed by atoms with E-state index in [-0.39, 0.29) is 28.9 Å².